The van der Waals surface area contributed by atoms with E-state index in [-0.39, 0.29) is 0 Å². The number of hydrogen-bond acceptors (Lipinski definition) is 2. The summed E-state index contributed by atoms with van der Waals surface area (Å²) < 4.78 is 0. The number of aromatic nitrogens is 1. The first kappa shape index (κ1) is 12.6. The van der Waals surface area contributed by atoms with Crippen molar-refractivity contribution in [3.05, 3.63) is 29.6 Å². The Morgan fingerprint density at radius 2 is 1.82 bits per heavy atom. The van der Waals surface area contributed by atoms with Crippen LogP contribution < -0.4 is 5.32 Å². The molecule has 0 unspecified atom stereocenters. The molecule has 0 amide bonds. The average Bonchev–Trinajstić information content (AvgIpc) is 2.63. The molecular weight excluding hydrogens is 208 g/mol. The van der Waals surface area contributed by atoms with Crippen molar-refractivity contribution in [2.45, 2.75) is 41.2 Å². The SMILES string of the molecule is Cc1ccc(CNCC2C(C)(C)C2(C)C)nc1. The molecule has 1 heterocycles. The van der Waals surface area contributed by atoms with E-state index in [9.17, 15) is 0 Å². The van der Waals surface area contributed by atoms with Gasteiger partial charge < -0.3 is 5.32 Å². The van der Waals surface area contributed by atoms with E-state index >= 15 is 0 Å². The molecule has 0 aromatic carbocycles. The van der Waals surface area contributed by atoms with Crippen LogP contribution in [-0.2, 0) is 6.54 Å². The van der Waals surface area contributed by atoms with Crippen molar-refractivity contribution in [2.24, 2.45) is 16.7 Å². The smallest absolute Gasteiger partial charge is 0.0541 e. The van der Waals surface area contributed by atoms with Gasteiger partial charge in [-0.1, -0.05) is 33.8 Å². The Hall–Kier alpha value is -0.890. The molecule has 1 aliphatic carbocycles. The molecule has 2 rings (SSSR count). The maximum absolute atomic E-state index is 4.41. The lowest BCUT2D eigenvalue weighted by Crippen LogP contribution is -2.19. The normalized spacial score (nSPS) is 21.5. The van der Waals surface area contributed by atoms with Gasteiger partial charge in [0.1, 0.15) is 0 Å². The largest absolute Gasteiger partial charge is 0.311 e. The minimum absolute atomic E-state index is 0.473. The van der Waals surface area contributed by atoms with Crippen LogP contribution in [0.3, 0.4) is 0 Å². The molecule has 0 saturated heterocycles. The quantitative estimate of drug-likeness (QED) is 0.862. The molecule has 1 N–H and O–H groups in total. The molecule has 1 fully saturated rings. The van der Waals surface area contributed by atoms with Gasteiger partial charge in [0.05, 0.1) is 5.69 Å². The van der Waals surface area contributed by atoms with Gasteiger partial charge in [0, 0.05) is 12.7 Å². The summed E-state index contributed by atoms with van der Waals surface area (Å²) in [6.07, 6.45) is 1.93. The standard InChI is InChI=1S/C15H24N2/c1-11-6-7-12(17-8-11)9-16-10-13-14(2,3)15(13,4)5/h6-8,13,16H,9-10H2,1-5H3. The Balaban J connectivity index is 1.80. The first-order valence-electron chi connectivity index (χ1n) is 6.48. The van der Waals surface area contributed by atoms with Gasteiger partial charge >= 0.3 is 0 Å². The van der Waals surface area contributed by atoms with E-state index in [0.29, 0.717) is 10.8 Å². The van der Waals surface area contributed by atoms with Crippen molar-refractivity contribution in [2.75, 3.05) is 6.54 Å². The van der Waals surface area contributed by atoms with Crippen molar-refractivity contribution >= 4 is 0 Å². The molecule has 0 bridgehead atoms. The van der Waals surface area contributed by atoms with Gasteiger partial charge in [-0.05, 0) is 41.8 Å². The number of aryl methyl sites for hydroxylation is 1. The van der Waals surface area contributed by atoms with Crippen LogP contribution in [0, 0.1) is 23.7 Å². The summed E-state index contributed by atoms with van der Waals surface area (Å²) in [5.74, 6) is 0.778. The lowest BCUT2D eigenvalue weighted by molar-refractivity contribution is 0.457. The monoisotopic (exact) mass is 232 g/mol. The van der Waals surface area contributed by atoms with Crippen LogP contribution in [-0.4, -0.2) is 11.5 Å². The molecule has 0 radical (unpaired) electrons. The fourth-order valence-corrected chi connectivity index (χ4v) is 2.79. The molecule has 1 aromatic rings. The average molecular weight is 232 g/mol. The zero-order valence-corrected chi connectivity index (χ0v) is 11.7. The van der Waals surface area contributed by atoms with E-state index in [1.807, 2.05) is 6.20 Å². The Bertz CT molecular complexity index is 376. The minimum Gasteiger partial charge on any atom is -0.311 e. The molecule has 1 saturated carbocycles. The van der Waals surface area contributed by atoms with Crippen molar-refractivity contribution in [1.29, 1.82) is 0 Å². The first-order chi connectivity index (χ1) is 7.85. The lowest BCUT2D eigenvalue weighted by Gasteiger charge is -2.05. The molecule has 94 valence electrons. The highest BCUT2D eigenvalue weighted by Crippen LogP contribution is 2.67. The molecule has 17 heavy (non-hydrogen) atoms. The number of nitrogens with zero attached hydrogens (tertiary/aromatic N) is 1. The summed E-state index contributed by atoms with van der Waals surface area (Å²) in [6.45, 7) is 13.5. The molecule has 1 aliphatic rings. The van der Waals surface area contributed by atoms with Crippen LogP contribution in [0.4, 0.5) is 0 Å². The molecule has 0 spiro atoms. The van der Waals surface area contributed by atoms with Crippen molar-refractivity contribution < 1.29 is 0 Å². The Morgan fingerprint density at radius 3 is 2.29 bits per heavy atom. The third-order valence-corrected chi connectivity index (χ3v) is 4.95. The van der Waals surface area contributed by atoms with Crippen LogP contribution in [0.15, 0.2) is 18.3 Å². The number of pyridine rings is 1. The van der Waals surface area contributed by atoms with Gasteiger partial charge in [-0.3, -0.25) is 4.98 Å². The number of rotatable bonds is 4. The molecule has 0 aliphatic heterocycles. The summed E-state index contributed by atoms with van der Waals surface area (Å²) in [7, 11) is 0. The zero-order valence-electron chi connectivity index (χ0n) is 11.7. The molecule has 2 nitrogen and oxygen atoms in total. The van der Waals surface area contributed by atoms with E-state index in [4.69, 9.17) is 0 Å². The van der Waals surface area contributed by atoms with E-state index in [2.05, 4.69) is 57.1 Å². The fourth-order valence-electron chi connectivity index (χ4n) is 2.79. The predicted octanol–water partition coefficient (Wildman–Crippen LogP) is 3.16. The van der Waals surface area contributed by atoms with Crippen LogP contribution in [0.1, 0.15) is 39.0 Å². The number of hydrogen-bond donors (Lipinski definition) is 1. The summed E-state index contributed by atoms with van der Waals surface area (Å²) in [4.78, 5) is 4.41. The first-order valence-corrected chi connectivity index (χ1v) is 6.48. The van der Waals surface area contributed by atoms with E-state index in [1.54, 1.807) is 0 Å². The second-order valence-corrected chi connectivity index (χ2v) is 6.45. The summed E-state index contributed by atoms with van der Waals surface area (Å²) in [6, 6.07) is 4.22. The molecule has 1 aromatic heterocycles. The van der Waals surface area contributed by atoms with Gasteiger partial charge in [0.15, 0.2) is 0 Å². The van der Waals surface area contributed by atoms with Crippen molar-refractivity contribution in [3.63, 3.8) is 0 Å². The fraction of sp³-hybridized carbons (Fsp3) is 0.667. The highest BCUT2D eigenvalue weighted by molar-refractivity contribution is 5.14. The third kappa shape index (κ3) is 2.23. The molecular formula is C15H24N2. The summed E-state index contributed by atoms with van der Waals surface area (Å²) in [5.41, 5.74) is 3.30. The third-order valence-electron chi connectivity index (χ3n) is 4.95. The van der Waals surface area contributed by atoms with Gasteiger partial charge in [-0.15, -0.1) is 0 Å². The second-order valence-electron chi connectivity index (χ2n) is 6.45. The lowest BCUT2D eigenvalue weighted by atomic mass is 10.0. The maximum atomic E-state index is 4.41. The van der Waals surface area contributed by atoms with Crippen LogP contribution >= 0.6 is 0 Å². The van der Waals surface area contributed by atoms with Crippen molar-refractivity contribution in [3.8, 4) is 0 Å². The predicted molar refractivity (Wildman–Crippen MR) is 71.7 cm³/mol. The Morgan fingerprint density at radius 1 is 1.18 bits per heavy atom. The van der Waals surface area contributed by atoms with Crippen LogP contribution in [0.2, 0.25) is 0 Å². The van der Waals surface area contributed by atoms with E-state index < -0.39 is 0 Å². The van der Waals surface area contributed by atoms with Crippen molar-refractivity contribution in [1.82, 2.24) is 10.3 Å². The molecule has 2 heteroatoms. The Kier molecular flexibility index (Phi) is 3.03. The van der Waals surface area contributed by atoms with Gasteiger partial charge in [-0.25, -0.2) is 0 Å². The van der Waals surface area contributed by atoms with Gasteiger partial charge in [-0.2, -0.15) is 0 Å². The van der Waals surface area contributed by atoms with Crippen LogP contribution in [0.5, 0.6) is 0 Å². The van der Waals surface area contributed by atoms with Crippen LogP contribution in [0.25, 0.3) is 0 Å². The number of nitrogens with one attached hydrogen (secondary N) is 1. The summed E-state index contributed by atoms with van der Waals surface area (Å²) >= 11 is 0. The van der Waals surface area contributed by atoms with E-state index in [0.717, 1.165) is 24.7 Å². The summed E-state index contributed by atoms with van der Waals surface area (Å²) in [5, 5.41) is 3.53. The minimum atomic E-state index is 0.473. The maximum Gasteiger partial charge on any atom is 0.0541 e. The highest BCUT2D eigenvalue weighted by Gasteiger charge is 2.63. The van der Waals surface area contributed by atoms with Gasteiger partial charge in [0.2, 0.25) is 0 Å². The highest BCUT2D eigenvalue weighted by atomic mass is 14.9. The van der Waals surface area contributed by atoms with E-state index in [1.165, 1.54) is 5.56 Å². The second kappa shape index (κ2) is 4.09. The Labute approximate surface area is 105 Å². The topological polar surface area (TPSA) is 24.9 Å². The zero-order chi connectivity index (χ0) is 12.7. The molecule has 0 atom stereocenters. The van der Waals surface area contributed by atoms with Gasteiger partial charge in [0.25, 0.3) is 0 Å².